The van der Waals surface area contributed by atoms with Gasteiger partial charge >= 0.3 is 0 Å². The number of allylic oxidation sites excluding steroid dienone is 1. The third kappa shape index (κ3) is 5.38. The largest absolute Gasteiger partial charge is 0.299 e. The van der Waals surface area contributed by atoms with Crippen molar-refractivity contribution in [2.24, 2.45) is 0 Å². The molecule has 0 atom stereocenters. The zero-order valence-electron chi connectivity index (χ0n) is 9.33. The van der Waals surface area contributed by atoms with Crippen molar-refractivity contribution in [2.75, 3.05) is 5.75 Å². The highest BCUT2D eigenvalue weighted by molar-refractivity contribution is 8.00. The van der Waals surface area contributed by atoms with E-state index in [4.69, 9.17) is 11.6 Å². The summed E-state index contributed by atoms with van der Waals surface area (Å²) in [4.78, 5) is 12.5. The fourth-order valence-corrected chi connectivity index (χ4v) is 2.26. The Bertz CT molecular complexity index is 387. The van der Waals surface area contributed by atoms with Crippen molar-refractivity contribution in [1.29, 1.82) is 0 Å². The molecule has 0 saturated heterocycles. The molecule has 3 heteroatoms. The van der Waals surface area contributed by atoms with E-state index in [1.54, 1.807) is 0 Å². The standard InChI is InChI=1S/C13H15ClOS/c1-10(2)6-7-12(15)9-16-13-5-3-4-11(14)8-13/h3-5,8H,1,6-7,9H2,2H3. The van der Waals surface area contributed by atoms with E-state index in [0.29, 0.717) is 17.2 Å². The Hall–Kier alpha value is -0.730. The molecule has 0 aliphatic carbocycles. The summed E-state index contributed by atoms with van der Waals surface area (Å²) in [6, 6.07) is 7.55. The third-order valence-corrected chi connectivity index (χ3v) is 3.32. The van der Waals surface area contributed by atoms with Crippen molar-refractivity contribution in [3.63, 3.8) is 0 Å². The number of benzene rings is 1. The average molecular weight is 255 g/mol. The van der Waals surface area contributed by atoms with Gasteiger partial charge in [-0.05, 0) is 31.5 Å². The van der Waals surface area contributed by atoms with E-state index in [-0.39, 0.29) is 5.78 Å². The summed E-state index contributed by atoms with van der Waals surface area (Å²) < 4.78 is 0. The van der Waals surface area contributed by atoms with Gasteiger partial charge in [-0.15, -0.1) is 18.3 Å². The Morgan fingerprint density at radius 2 is 2.19 bits per heavy atom. The zero-order valence-corrected chi connectivity index (χ0v) is 10.9. The summed E-state index contributed by atoms with van der Waals surface area (Å²) >= 11 is 7.38. The highest BCUT2D eigenvalue weighted by Crippen LogP contribution is 2.22. The van der Waals surface area contributed by atoms with Gasteiger partial charge in [0, 0.05) is 16.3 Å². The first-order valence-corrected chi connectivity index (χ1v) is 6.49. The first-order chi connectivity index (χ1) is 7.58. The van der Waals surface area contributed by atoms with Crippen LogP contribution in [-0.2, 0) is 4.79 Å². The molecule has 0 fully saturated rings. The molecular weight excluding hydrogens is 240 g/mol. The summed E-state index contributed by atoms with van der Waals surface area (Å²) in [5, 5.41) is 0.708. The monoisotopic (exact) mass is 254 g/mol. The van der Waals surface area contributed by atoms with Crippen LogP contribution in [0.2, 0.25) is 5.02 Å². The van der Waals surface area contributed by atoms with Crippen LogP contribution in [0, 0.1) is 0 Å². The molecule has 0 amide bonds. The van der Waals surface area contributed by atoms with E-state index in [1.807, 2.05) is 31.2 Å². The van der Waals surface area contributed by atoms with Crippen LogP contribution in [0.3, 0.4) is 0 Å². The van der Waals surface area contributed by atoms with Gasteiger partial charge in [-0.3, -0.25) is 4.79 Å². The third-order valence-electron chi connectivity index (χ3n) is 2.03. The molecule has 86 valence electrons. The van der Waals surface area contributed by atoms with Crippen LogP contribution in [-0.4, -0.2) is 11.5 Å². The Kier molecular flexibility index (Phi) is 5.64. The van der Waals surface area contributed by atoms with Crippen molar-refractivity contribution in [3.8, 4) is 0 Å². The Balaban J connectivity index is 2.34. The second-order valence-electron chi connectivity index (χ2n) is 3.74. The average Bonchev–Trinajstić information content (AvgIpc) is 2.23. The van der Waals surface area contributed by atoms with E-state index in [0.717, 1.165) is 16.9 Å². The molecule has 1 nitrogen and oxygen atoms in total. The molecule has 1 aromatic carbocycles. The van der Waals surface area contributed by atoms with E-state index in [2.05, 4.69) is 6.58 Å². The fourth-order valence-electron chi connectivity index (χ4n) is 1.15. The normalized spacial score (nSPS) is 10.1. The minimum atomic E-state index is 0.257. The highest BCUT2D eigenvalue weighted by Gasteiger charge is 2.03. The number of thioether (sulfide) groups is 1. The first kappa shape index (κ1) is 13.3. The van der Waals surface area contributed by atoms with Crippen LogP contribution in [0.4, 0.5) is 0 Å². The highest BCUT2D eigenvalue weighted by atomic mass is 35.5. The number of hydrogen-bond acceptors (Lipinski definition) is 2. The molecule has 0 heterocycles. The fraction of sp³-hybridized carbons (Fsp3) is 0.308. The predicted molar refractivity (Wildman–Crippen MR) is 71.2 cm³/mol. The van der Waals surface area contributed by atoms with Crippen LogP contribution < -0.4 is 0 Å². The lowest BCUT2D eigenvalue weighted by Crippen LogP contribution is -2.00. The number of carbonyl (C=O) groups is 1. The van der Waals surface area contributed by atoms with Crippen molar-refractivity contribution in [3.05, 3.63) is 41.4 Å². The number of Topliss-reactive ketones (excluding diaryl/α,β-unsaturated/α-hetero) is 1. The maximum Gasteiger partial charge on any atom is 0.143 e. The predicted octanol–water partition coefficient (Wildman–Crippen LogP) is 4.36. The van der Waals surface area contributed by atoms with Gasteiger partial charge in [-0.2, -0.15) is 0 Å². The van der Waals surface area contributed by atoms with E-state index >= 15 is 0 Å². The molecule has 0 N–H and O–H groups in total. The summed E-state index contributed by atoms with van der Waals surface area (Å²) in [5.74, 6) is 0.765. The zero-order chi connectivity index (χ0) is 12.0. The molecule has 16 heavy (non-hydrogen) atoms. The lowest BCUT2D eigenvalue weighted by molar-refractivity contribution is -0.116. The molecule has 1 rings (SSSR count). The van der Waals surface area contributed by atoms with E-state index in [9.17, 15) is 4.79 Å². The van der Waals surface area contributed by atoms with Gasteiger partial charge in [-0.1, -0.05) is 23.2 Å². The molecule has 0 aromatic heterocycles. The van der Waals surface area contributed by atoms with E-state index < -0.39 is 0 Å². The lowest BCUT2D eigenvalue weighted by atomic mass is 10.1. The molecule has 0 spiro atoms. The van der Waals surface area contributed by atoms with Crippen molar-refractivity contribution >= 4 is 29.1 Å². The second-order valence-corrected chi connectivity index (χ2v) is 5.23. The smallest absolute Gasteiger partial charge is 0.143 e. The topological polar surface area (TPSA) is 17.1 Å². The second kappa shape index (κ2) is 6.77. The number of rotatable bonds is 6. The van der Waals surface area contributed by atoms with Gasteiger partial charge < -0.3 is 0 Å². The Morgan fingerprint density at radius 3 is 2.81 bits per heavy atom. The summed E-state index contributed by atoms with van der Waals surface area (Å²) in [6.07, 6.45) is 1.37. The van der Waals surface area contributed by atoms with Crippen molar-refractivity contribution in [1.82, 2.24) is 0 Å². The SMILES string of the molecule is C=C(C)CCC(=O)CSc1cccc(Cl)c1. The molecule has 1 aromatic rings. The summed E-state index contributed by atoms with van der Waals surface area (Å²) in [7, 11) is 0. The van der Waals surface area contributed by atoms with Crippen molar-refractivity contribution < 1.29 is 4.79 Å². The van der Waals surface area contributed by atoms with Gasteiger partial charge in [0.2, 0.25) is 0 Å². The van der Waals surface area contributed by atoms with Gasteiger partial charge in [-0.25, -0.2) is 0 Å². The van der Waals surface area contributed by atoms with Crippen molar-refractivity contribution in [2.45, 2.75) is 24.7 Å². The maximum atomic E-state index is 11.5. The van der Waals surface area contributed by atoms with Crippen LogP contribution >= 0.6 is 23.4 Å². The van der Waals surface area contributed by atoms with E-state index in [1.165, 1.54) is 11.8 Å². The Morgan fingerprint density at radius 1 is 1.44 bits per heavy atom. The van der Waals surface area contributed by atoms with Crippen LogP contribution in [0.5, 0.6) is 0 Å². The summed E-state index contributed by atoms with van der Waals surface area (Å²) in [6.45, 7) is 5.72. The van der Waals surface area contributed by atoms with Gasteiger partial charge in [0.05, 0.1) is 5.75 Å². The van der Waals surface area contributed by atoms with Gasteiger partial charge in [0.25, 0.3) is 0 Å². The Labute approximate surface area is 106 Å². The first-order valence-electron chi connectivity index (χ1n) is 5.12. The number of hydrogen-bond donors (Lipinski definition) is 0. The molecule has 0 unspecified atom stereocenters. The number of ketones is 1. The van der Waals surface area contributed by atoms with Crippen LogP contribution in [0.1, 0.15) is 19.8 Å². The van der Waals surface area contributed by atoms with Gasteiger partial charge in [0.1, 0.15) is 5.78 Å². The van der Waals surface area contributed by atoms with Crippen LogP contribution in [0.15, 0.2) is 41.3 Å². The molecule has 0 aliphatic rings. The molecule has 0 bridgehead atoms. The summed E-state index contributed by atoms with van der Waals surface area (Å²) in [5.41, 5.74) is 1.06. The lowest BCUT2D eigenvalue weighted by Gasteiger charge is -2.02. The van der Waals surface area contributed by atoms with Crippen LogP contribution in [0.25, 0.3) is 0 Å². The molecular formula is C13H15ClOS. The quantitative estimate of drug-likeness (QED) is 0.554. The molecule has 0 radical (unpaired) electrons. The number of carbonyl (C=O) groups excluding carboxylic acids is 1. The molecule has 0 aliphatic heterocycles. The maximum absolute atomic E-state index is 11.5. The van der Waals surface area contributed by atoms with Gasteiger partial charge in [0.15, 0.2) is 0 Å². The minimum absolute atomic E-state index is 0.257. The molecule has 0 saturated carbocycles. The number of halogens is 1. The minimum Gasteiger partial charge on any atom is -0.299 e.